The summed E-state index contributed by atoms with van der Waals surface area (Å²) in [5.74, 6) is 7.27. The highest BCUT2D eigenvalue weighted by Crippen LogP contribution is 2.69. The summed E-state index contributed by atoms with van der Waals surface area (Å²) in [5.41, 5.74) is 1.64. The van der Waals surface area contributed by atoms with Gasteiger partial charge in [0.15, 0.2) is 0 Å². The Kier molecular flexibility index (Phi) is 6.10. The number of ether oxygens (including phenoxy) is 1. The van der Waals surface area contributed by atoms with Crippen molar-refractivity contribution >= 4 is 5.78 Å². The third-order valence-electron chi connectivity index (χ3n) is 11.7. The van der Waals surface area contributed by atoms with Crippen molar-refractivity contribution in [2.45, 2.75) is 119 Å². The van der Waals surface area contributed by atoms with E-state index in [2.05, 4.69) is 48.5 Å². The second-order valence-corrected chi connectivity index (χ2v) is 14.2. The van der Waals surface area contributed by atoms with E-state index in [0.717, 1.165) is 48.9 Å². The van der Waals surface area contributed by atoms with Crippen molar-refractivity contribution in [3.05, 3.63) is 11.3 Å². The standard InChI is InChI=1S/C31H50O2/c1-18(2)14-19(3)8-11-26-21(5)29-27(33-26)16-25-23-10-9-22-15-20(4)12-13-30(22,6)24(23)17-28(32)31(25,29)7/h18-20,22-25,27,29H,8-17H2,1-7H3/t19?,20-,22?,23?,24?,25?,27-,29?,30-,31+/m0/s1. The Labute approximate surface area is 203 Å². The minimum absolute atomic E-state index is 0.188. The van der Waals surface area contributed by atoms with Crippen LogP contribution in [0.25, 0.3) is 0 Å². The Morgan fingerprint density at radius 1 is 1.06 bits per heavy atom. The van der Waals surface area contributed by atoms with E-state index < -0.39 is 0 Å². The second kappa shape index (κ2) is 8.41. The Morgan fingerprint density at radius 3 is 2.55 bits per heavy atom. The van der Waals surface area contributed by atoms with Crippen LogP contribution in [0.1, 0.15) is 113 Å². The molecule has 2 nitrogen and oxygen atoms in total. The lowest BCUT2D eigenvalue weighted by molar-refractivity contribution is -0.156. The molecule has 186 valence electrons. The summed E-state index contributed by atoms with van der Waals surface area (Å²) in [6.07, 6.45) is 12.6. The SMILES string of the molecule is CC1=C(CCC(C)CC(C)C)O[C@H]2CC3C4CCC5C[C@@H](C)CC[C@]5(C)C4CC(=O)[C@]3(C)C12. The maximum atomic E-state index is 14.0. The summed E-state index contributed by atoms with van der Waals surface area (Å²) in [7, 11) is 0. The van der Waals surface area contributed by atoms with Gasteiger partial charge in [-0.25, -0.2) is 0 Å². The van der Waals surface area contributed by atoms with Crippen LogP contribution in [0.2, 0.25) is 0 Å². The summed E-state index contributed by atoms with van der Waals surface area (Å²) in [5, 5.41) is 0. The first-order chi connectivity index (χ1) is 15.6. The first-order valence-corrected chi connectivity index (χ1v) is 14.4. The number of ketones is 1. The number of carbonyl (C=O) groups is 1. The first kappa shape index (κ1) is 23.9. The van der Waals surface area contributed by atoms with Crippen LogP contribution >= 0.6 is 0 Å². The molecule has 2 heteroatoms. The zero-order valence-corrected chi connectivity index (χ0v) is 22.6. The van der Waals surface area contributed by atoms with E-state index in [1.165, 1.54) is 56.3 Å². The van der Waals surface area contributed by atoms with Crippen molar-refractivity contribution in [1.29, 1.82) is 0 Å². The zero-order valence-electron chi connectivity index (χ0n) is 22.6. The van der Waals surface area contributed by atoms with Gasteiger partial charge in [-0.15, -0.1) is 0 Å². The van der Waals surface area contributed by atoms with Gasteiger partial charge in [0.2, 0.25) is 0 Å². The molecule has 0 N–H and O–H groups in total. The second-order valence-electron chi connectivity index (χ2n) is 14.2. The van der Waals surface area contributed by atoms with Crippen molar-refractivity contribution in [3.8, 4) is 0 Å². The molecule has 0 bridgehead atoms. The molecule has 4 aliphatic carbocycles. The lowest BCUT2D eigenvalue weighted by Crippen LogP contribution is -2.56. The number of rotatable bonds is 5. The molecule has 0 radical (unpaired) electrons. The zero-order chi connectivity index (χ0) is 23.7. The van der Waals surface area contributed by atoms with Gasteiger partial charge in [0.1, 0.15) is 11.9 Å². The largest absolute Gasteiger partial charge is 0.494 e. The van der Waals surface area contributed by atoms with E-state index in [1.807, 2.05) is 0 Å². The minimum Gasteiger partial charge on any atom is -0.494 e. The normalized spacial score (nSPS) is 47.6. The highest BCUT2D eigenvalue weighted by atomic mass is 16.5. The van der Waals surface area contributed by atoms with Crippen LogP contribution in [-0.4, -0.2) is 11.9 Å². The minimum atomic E-state index is -0.188. The smallest absolute Gasteiger partial charge is 0.140 e. The van der Waals surface area contributed by atoms with Crippen LogP contribution in [0, 0.1) is 58.2 Å². The molecule has 33 heavy (non-hydrogen) atoms. The molecule has 4 saturated carbocycles. The molecule has 1 heterocycles. The van der Waals surface area contributed by atoms with Crippen LogP contribution in [0.3, 0.4) is 0 Å². The number of allylic oxidation sites excluding steroid dienone is 1. The van der Waals surface area contributed by atoms with Gasteiger partial charge in [0, 0.05) is 24.2 Å². The van der Waals surface area contributed by atoms with Crippen molar-refractivity contribution in [1.82, 2.24) is 0 Å². The molecule has 0 aromatic rings. The molecule has 0 amide bonds. The highest BCUT2D eigenvalue weighted by Gasteiger charge is 2.67. The molecule has 10 atom stereocenters. The van der Waals surface area contributed by atoms with Crippen LogP contribution in [-0.2, 0) is 9.53 Å². The number of fused-ring (bicyclic) bond motifs is 7. The summed E-state index contributed by atoms with van der Waals surface area (Å²) < 4.78 is 6.71. The fourth-order valence-electron chi connectivity index (χ4n) is 10.0. The maximum Gasteiger partial charge on any atom is 0.140 e. The van der Waals surface area contributed by atoms with Gasteiger partial charge in [-0.2, -0.15) is 0 Å². The molecular formula is C31H50O2. The Balaban J connectivity index is 1.36. The molecule has 5 aliphatic rings. The van der Waals surface area contributed by atoms with Crippen molar-refractivity contribution in [3.63, 3.8) is 0 Å². The lowest BCUT2D eigenvalue weighted by atomic mass is 9.44. The predicted molar refractivity (Wildman–Crippen MR) is 136 cm³/mol. The van der Waals surface area contributed by atoms with Gasteiger partial charge >= 0.3 is 0 Å². The van der Waals surface area contributed by atoms with Crippen molar-refractivity contribution in [2.75, 3.05) is 0 Å². The summed E-state index contributed by atoms with van der Waals surface area (Å²) in [6, 6.07) is 0. The third kappa shape index (κ3) is 3.67. The topological polar surface area (TPSA) is 26.3 Å². The summed E-state index contributed by atoms with van der Waals surface area (Å²) in [4.78, 5) is 14.0. The monoisotopic (exact) mass is 454 g/mol. The molecule has 0 saturated heterocycles. The van der Waals surface area contributed by atoms with Gasteiger partial charge in [-0.1, -0.05) is 48.0 Å². The molecule has 0 aromatic carbocycles. The third-order valence-corrected chi connectivity index (χ3v) is 11.7. The highest BCUT2D eigenvalue weighted by molar-refractivity contribution is 5.87. The van der Waals surface area contributed by atoms with Gasteiger partial charge < -0.3 is 4.74 Å². The van der Waals surface area contributed by atoms with Crippen molar-refractivity contribution < 1.29 is 9.53 Å². The van der Waals surface area contributed by atoms with Crippen LogP contribution in [0.5, 0.6) is 0 Å². The van der Waals surface area contributed by atoms with Crippen LogP contribution in [0.4, 0.5) is 0 Å². The van der Waals surface area contributed by atoms with Crippen LogP contribution in [0.15, 0.2) is 11.3 Å². The van der Waals surface area contributed by atoms with Gasteiger partial charge in [-0.3, -0.25) is 4.79 Å². The molecule has 4 fully saturated rings. The fraction of sp³-hybridized carbons (Fsp3) is 0.903. The van der Waals surface area contributed by atoms with E-state index in [9.17, 15) is 4.79 Å². The van der Waals surface area contributed by atoms with Crippen LogP contribution < -0.4 is 0 Å². The van der Waals surface area contributed by atoms with Gasteiger partial charge in [0.05, 0.1) is 5.76 Å². The lowest BCUT2D eigenvalue weighted by Gasteiger charge is -2.60. The quantitative estimate of drug-likeness (QED) is 0.418. The summed E-state index contributed by atoms with van der Waals surface area (Å²) >= 11 is 0. The number of carbonyl (C=O) groups excluding carboxylic acids is 1. The summed E-state index contributed by atoms with van der Waals surface area (Å²) in [6.45, 7) is 16.7. The first-order valence-electron chi connectivity index (χ1n) is 14.4. The Bertz CT molecular complexity index is 810. The maximum absolute atomic E-state index is 14.0. The molecular weight excluding hydrogens is 404 g/mol. The Morgan fingerprint density at radius 2 is 1.82 bits per heavy atom. The number of Topliss-reactive ketones (excluding diaryl/α,β-unsaturated/α-hetero) is 1. The van der Waals surface area contributed by atoms with E-state index in [0.29, 0.717) is 29.0 Å². The van der Waals surface area contributed by atoms with Gasteiger partial charge in [0.25, 0.3) is 0 Å². The molecule has 0 aromatic heterocycles. The van der Waals surface area contributed by atoms with Crippen molar-refractivity contribution in [2.24, 2.45) is 58.2 Å². The predicted octanol–water partition coefficient (Wildman–Crippen LogP) is 8.21. The van der Waals surface area contributed by atoms with E-state index >= 15 is 0 Å². The average molecular weight is 455 g/mol. The molecule has 6 unspecified atom stereocenters. The molecule has 5 rings (SSSR count). The van der Waals surface area contributed by atoms with E-state index in [-0.39, 0.29) is 11.5 Å². The number of hydrogen-bond acceptors (Lipinski definition) is 2. The molecule has 1 aliphatic heterocycles. The fourth-order valence-corrected chi connectivity index (χ4v) is 10.0. The average Bonchev–Trinajstić information content (AvgIpc) is 3.22. The Hall–Kier alpha value is -0.790. The molecule has 0 spiro atoms. The number of hydrogen-bond donors (Lipinski definition) is 0. The van der Waals surface area contributed by atoms with E-state index in [1.54, 1.807) is 0 Å². The van der Waals surface area contributed by atoms with Gasteiger partial charge in [-0.05, 0) is 104 Å². The van der Waals surface area contributed by atoms with E-state index in [4.69, 9.17) is 4.74 Å².